The van der Waals surface area contributed by atoms with Crippen LogP contribution in [0.3, 0.4) is 0 Å². The summed E-state index contributed by atoms with van der Waals surface area (Å²) in [5, 5.41) is 5.44. The van der Waals surface area contributed by atoms with Gasteiger partial charge < -0.3 is 16.4 Å². The molecule has 0 aliphatic heterocycles. The van der Waals surface area contributed by atoms with Crippen LogP contribution in [0.5, 0.6) is 0 Å². The van der Waals surface area contributed by atoms with Crippen LogP contribution in [0.15, 0.2) is 36.4 Å². The molecule has 1 aromatic carbocycles. The number of hydrogen-bond donors (Lipinski definition) is 3. The van der Waals surface area contributed by atoms with Gasteiger partial charge in [-0.15, -0.1) is 0 Å². The Balaban J connectivity index is 1.82. The van der Waals surface area contributed by atoms with Gasteiger partial charge in [-0.05, 0) is 37.0 Å². The number of urea groups is 1. The lowest BCUT2D eigenvalue weighted by Crippen LogP contribution is -2.30. The van der Waals surface area contributed by atoms with Crippen molar-refractivity contribution < 1.29 is 9.59 Å². The summed E-state index contributed by atoms with van der Waals surface area (Å²) in [5.74, 6) is 0.199. The van der Waals surface area contributed by atoms with Gasteiger partial charge in [-0.25, -0.2) is 4.79 Å². The van der Waals surface area contributed by atoms with E-state index < -0.39 is 6.03 Å². The molecule has 1 aliphatic carbocycles. The molecule has 0 unspecified atom stereocenters. The number of amides is 3. The van der Waals surface area contributed by atoms with E-state index in [2.05, 4.69) is 22.8 Å². The molecule has 0 heterocycles. The lowest BCUT2D eigenvalue weighted by molar-refractivity contribution is -0.125. The van der Waals surface area contributed by atoms with Gasteiger partial charge in [0, 0.05) is 18.2 Å². The number of carbonyl (C=O) groups excluding carboxylic acids is 2. The molecule has 0 bridgehead atoms. The van der Waals surface area contributed by atoms with Gasteiger partial charge in [-0.1, -0.05) is 24.3 Å². The van der Waals surface area contributed by atoms with Crippen LogP contribution in [0, 0.1) is 5.92 Å². The molecule has 2 rings (SSSR count). The first-order valence-electron chi connectivity index (χ1n) is 6.73. The quantitative estimate of drug-likeness (QED) is 0.734. The predicted octanol–water partition coefficient (Wildman–Crippen LogP) is 2.15. The molecule has 0 spiro atoms. The van der Waals surface area contributed by atoms with E-state index in [1.165, 1.54) is 0 Å². The van der Waals surface area contributed by atoms with E-state index in [1.54, 1.807) is 12.1 Å². The molecule has 5 nitrogen and oxygen atoms in total. The molecule has 0 saturated heterocycles. The summed E-state index contributed by atoms with van der Waals surface area (Å²) >= 11 is 0. The van der Waals surface area contributed by atoms with Crippen molar-refractivity contribution in [2.24, 2.45) is 11.7 Å². The molecule has 4 N–H and O–H groups in total. The topological polar surface area (TPSA) is 84.2 Å². The summed E-state index contributed by atoms with van der Waals surface area (Å²) in [7, 11) is 0. The van der Waals surface area contributed by atoms with Crippen molar-refractivity contribution in [2.45, 2.75) is 25.8 Å². The molecule has 0 radical (unpaired) electrons. The minimum absolute atomic E-state index is 0.0933. The number of allylic oxidation sites excluding steroid dienone is 2. The maximum atomic E-state index is 12.0. The van der Waals surface area contributed by atoms with Crippen molar-refractivity contribution in [3.8, 4) is 0 Å². The van der Waals surface area contributed by atoms with Gasteiger partial charge in [0.2, 0.25) is 5.91 Å². The first-order valence-corrected chi connectivity index (χ1v) is 6.73. The van der Waals surface area contributed by atoms with Gasteiger partial charge in [0.05, 0.1) is 0 Å². The predicted molar refractivity (Wildman–Crippen MR) is 78.0 cm³/mol. The van der Waals surface area contributed by atoms with E-state index >= 15 is 0 Å². The monoisotopic (exact) mass is 273 g/mol. The van der Waals surface area contributed by atoms with E-state index in [9.17, 15) is 9.59 Å². The highest BCUT2D eigenvalue weighted by atomic mass is 16.2. The Kier molecular flexibility index (Phi) is 4.76. The lowest BCUT2D eigenvalue weighted by atomic mass is 9.93. The zero-order chi connectivity index (χ0) is 14.4. The number of hydrogen-bond acceptors (Lipinski definition) is 2. The second-order valence-corrected chi connectivity index (χ2v) is 4.89. The molecule has 0 saturated carbocycles. The normalized spacial score (nSPS) is 17.5. The fraction of sp³-hybridized carbons (Fsp3) is 0.333. The van der Waals surface area contributed by atoms with E-state index in [0.717, 1.165) is 24.8 Å². The van der Waals surface area contributed by atoms with Crippen LogP contribution in [-0.4, -0.2) is 11.9 Å². The average Bonchev–Trinajstić information content (AvgIpc) is 2.46. The summed E-state index contributed by atoms with van der Waals surface area (Å²) < 4.78 is 0. The van der Waals surface area contributed by atoms with E-state index in [-0.39, 0.29) is 11.8 Å². The number of benzene rings is 1. The number of primary amides is 1. The maximum absolute atomic E-state index is 12.0. The second-order valence-electron chi connectivity index (χ2n) is 4.89. The highest BCUT2D eigenvalue weighted by molar-refractivity contribution is 5.87. The van der Waals surface area contributed by atoms with E-state index in [0.29, 0.717) is 12.2 Å². The highest BCUT2D eigenvalue weighted by Gasteiger charge is 2.17. The van der Waals surface area contributed by atoms with Gasteiger partial charge >= 0.3 is 6.03 Å². The SMILES string of the molecule is NC(=O)Nc1ccc(CNC(=O)[C@H]2CC=CCC2)cc1. The molecule has 0 fully saturated rings. The fourth-order valence-electron chi connectivity index (χ4n) is 2.21. The fourth-order valence-corrected chi connectivity index (χ4v) is 2.21. The molecule has 20 heavy (non-hydrogen) atoms. The number of nitrogens with two attached hydrogens (primary N) is 1. The van der Waals surface area contributed by atoms with E-state index in [1.807, 2.05) is 12.1 Å². The van der Waals surface area contributed by atoms with Crippen molar-refractivity contribution in [1.29, 1.82) is 0 Å². The summed E-state index contributed by atoms with van der Waals surface area (Å²) in [6, 6.07) is 6.64. The Morgan fingerprint density at radius 1 is 1.20 bits per heavy atom. The molecule has 1 aromatic rings. The van der Waals surface area contributed by atoms with Gasteiger partial charge in [0.25, 0.3) is 0 Å². The van der Waals surface area contributed by atoms with Crippen molar-refractivity contribution >= 4 is 17.6 Å². The van der Waals surface area contributed by atoms with Crippen LogP contribution >= 0.6 is 0 Å². The summed E-state index contributed by atoms with van der Waals surface area (Å²) in [6.07, 6.45) is 6.91. The average molecular weight is 273 g/mol. The molecule has 0 aromatic heterocycles. The van der Waals surface area contributed by atoms with Crippen LogP contribution in [0.4, 0.5) is 10.5 Å². The molecular formula is C15H19N3O2. The Bertz CT molecular complexity index is 508. The Hall–Kier alpha value is -2.30. The summed E-state index contributed by atoms with van der Waals surface area (Å²) in [5.41, 5.74) is 6.66. The maximum Gasteiger partial charge on any atom is 0.316 e. The van der Waals surface area contributed by atoms with Crippen LogP contribution in [0.1, 0.15) is 24.8 Å². The van der Waals surface area contributed by atoms with Crippen LogP contribution in [-0.2, 0) is 11.3 Å². The summed E-state index contributed by atoms with van der Waals surface area (Å²) in [6.45, 7) is 0.496. The molecule has 1 atom stereocenters. The lowest BCUT2D eigenvalue weighted by Gasteiger charge is -2.17. The number of rotatable bonds is 4. The van der Waals surface area contributed by atoms with Crippen LogP contribution in [0.25, 0.3) is 0 Å². The first-order chi connectivity index (χ1) is 9.65. The van der Waals surface area contributed by atoms with Crippen molar-refractivity contribution in [3.63, 3.8) is 0 Å². The minimum atomic E-state index is -0.587. The number of anilines is 1. The number of nitrogens with one attached hydrogen (secondary N) is 2. The van der Waals surface area contributed by atoms with Crippen molar-refractivity contribution in [1.82, 2.24) is 5.32 Å². The third-order valence-electron chi connectivity index (χ3n) is 3.33. The molecule has 3 amide bonds. The summed E-state index contributed by atoms with van der Waals surface area (Å²) in [4.78, 5) is 22.7. The van der Waals surface area contributed by atoms with Gasteiger partial charge in [-0.2, -0.15) is 0 Å². The molecule has 5 heteroatoms. The largest absolute Gasteiger partial charge is 0.352 e. The van der Waals surface area contributed by atoms with Crippen molar-refractivity contribution in [3.05, 3.63) is 42.0 Å². The Labute approximate surface area is 118 Å². The Morgan fingerprint density at radius 3 is 2.55 bits per heavy atom. The highest BCUT2D eigenvalue weighted by Crippen LogP contribution is 2.18. The zero-order valence-corrected chi connectivity index (χ0v) is 11.3. The molecule has 1 aliphatic rings. The third-order valence-corrected chi connectivity index (χ3v) is 3.33. The smallest absolute Gasteiger partial charge is 0.316 e. The first kappa shape index (κ1) is 14.1. The van der Waals surface area contributed by atoms with Gasteiger partial charge in [0.1, 0.15) is 0 Å². The molecular weight excluding hydrogens is 254 g/mol. The van der Waals surface area contributed by atoms with E-state index in [4.69, 9.17) is 5.73 Å². The zero-order valence-electron chi connectivity index (χ0n) is 11.3. The number of carbonyl (C=O) groups is 2. The van der Waals surface area contributed by atoms with Crippen LogP contribution < -0.4 is 16.4 Å². The van der Waals surface area contributed by atoms with Gasteiger partial charge in [0.15, 0.2) is 0 Å². The Morgan fingerprint density at radius 2 is 1.95 bits per heavy atom. The van der Waals surface area contributed by atoms with Crippen molar-refractivity contribution in [2.75, 3.05) is 5.32 Å². The van der Waals surface area contributed by atoms with Crippen LogP contribution in [0.2, 0.25) is 0 Å². The van der Waals surface area contributed by atoms with Gasteiger partial charge in [-0.3, -0.25) is 4.79 Å². The third kappa shape index (κ3) is 4.12. The molecule has 106 valence electrons. The standard InChI is InChI=1S/C15H19N3O2/c16-15(20)18-13-8-6-11(7-9-13)10-17-14(19)12-4-2-1-3-5-12/h1-2,6-9,12H,3-5,10H2,(H,17,19)(H3,16,18,20)/t12-/m0/s1. The minimum Gasteiger partial charge on any atom is -0.352 e. The second kappa shape index (κ2) is 6.75.